The molecule has 1 unspecified atom stereocenters. The maximum atomic E-state index is 12.3. The van der Waals surface area contributed by atoms with Gasteiger partial charge in [0.2, 0.25) is 11.7 Å². The lowest BCUT2D eigenvalue weighted by Gasteiger charge is -2.30. The second-order valence-corrected chi connectivity index (χ2v) is 6.44. The van der Waals surface area contributed by atoms with Gasteiger partial charge in [-0.2, -0.15) is 4.98 Å². The van der Waals surface area contributed by atoms with Crippen LogP contribution in [-0.4, -0.2) is 60.4 Å². The molecule has 1 N–H and O–H groups in total. The number of esters is 1. The lowest BCUT2D eigenvalue weighted by Crippen LogP contribution is -2.46. The van der Waals surface area contributed by atoms with Crippen molar-refractivity contribution in [3.05, 3.63) is 30.2 Å². The molecule has 0 bridgehead atoms. The zero-order valence-electron chi connectivity index (χ0n) is 16.0. The molecule has 9 nitrogen and oxygen atoms in total. The first kappa shape index (κ1) is 19.7. The molecule has 1 aliphatic heterocycles. The third-order valence-corrected chi connectivity index (χ3v) is 4.52. The van der Waals surface area contributed by atoms with Gasteiger partial charge in [-0.25, -0.2) is 4.79 Å². The van der Waals surface area contributed by atoms with Crippen LogP contribution in [0.25, 0.3) is 11.4 Å². The number of piperidine rings is 1. The van der Waals surface area contributed by atoms with Crippen LogP contribution in [0.5, 0.6) is 5.75 Å². The van der Waals surface area contributed by atoms with Gasteiger partial charge in [-0.05, 0) is 31.9 Å². The highest BCUT2D eigenvalue weighted by atomic mass is 16.5. The van der Waals surface area contributed by atoms with Crippen LogP contribution in [0.1, 0.15) is 31.6 Å². The van der Waals surface area contributed by atoms with E-state index < -0.39 is 5.97 Å². The third kappa shape index (κ3) is 4.79. The van der Waals surface area contributed by atoms with Gasteiger partial charge in [0, 0.05) is 18.7 Å². The summed E-state index contributed by atoms with van der Waals surface area (Å²) in [7, 11) is 1.60. The fourth-order valence-corrected chi connectivity index (χ4v) is 3.12. The quantitative estimate of drug-likeness (QED) is 0.756. The molecular formula is C19H24N4O5. The number of carbonyl (C=O) groups excluding carboxylic acids is 2. The number of rotatable bonds is 6. The highest BCUT2D eigenvalue weighted by Crippen LogP contribution is 2.28. The Morgan fingerprint density at radius 2 is 2.25 bits per heavy atom. The number of urea groups is 1. The maximum Gasteiger partial charge on any atom is 0.325 e. The summed E-state index contributed by atoms with van der Waals surface area (Å²) in [6.07, 6.45) is 1.66. The van der Waals surface area contributed by atoms with Crippen LogP contribution in [0.3, 0.4) is 0 Å². The number of benzene rings is 1. The summed E-state index contributed by atoms with van der Waals surface area (Å²) >= 11 is 0. The van der Waals surface area contributed by atoms with Gasteiger partial charge in [0.25, 0.3) is 0 Å². The molecular weight excluding hydrogens is 364 g/mol. The molecule has 9 heteroatoms. The molecule has 1 fully saturated rings. The first-order chi connectivity index (χ1) is 13.6. The van der Waals surface area contributed by atoms with E-state index >= 15 is 0 Å². The van der Waals surface area contributed by atoms with Crippen LogP contribution in [0.2, 0.25) is 0 Å². The summed E-state index contributed by atoms with van der Waals surface area (Å²) in [6, 6.07) is 7.13. The van der Waals surface area contributed by atoms with Crippen LogP contribution < -0.4 is 10.1 Å². The van der Waals surface area contributed by atoms with Crippen LogP contribution in [0, 0.1) is 0 Å². The van der Waals surface area contributed by atoms with Gasteiger partial charge >= 0.3 is 12.0 Å². The fourth-order valence-electron chi connectivity index (χ4n) is 3.12. The molecule has 2 amide bonds. The Bertz CT molecular complexity index is 822. The van der Waals surface area contributed by atoms with Crippen molar-refractivity contribution in [1.29, 1.82) is 0 Å². The van der Waals surface area contributed by atoms with Gasteiger partial charge in [-0.15, -0.1) is 0 Å². The Hall–Kier alpha value is -3.10. The third-order valence-electron chi connectivity index (χ3n) is 4.52. The van der Waals surface area contributed by atoms with Crippen LogP contribution >= 0.6 is 0 Å². The van der Waals surface area contributed by atoms with Gasteiger partial charge in [-0.1, -0.05) is 17.3 Å². The van der Waals surface area contributed by atoms with E-state index in [1.165, 1.54) is 0 Å². The predicted molar refractivity (Wildman–Crippen MR) is 99.9 cm³/mol. The van der Waals surface area contributed by atoms with Gasteiger partial charge in [0.05, 0.1) is 19.6 Å². The molecule has 1 aromatic carbocycles. The Morgan fingerprint density at radius 1 is 1.39 bits per heavy atom. The zero-order chi connectivity index (χ0) is 19.9. The monoisotopic (exact) mass is 388 g/mol. The molecule has 0 spiro atoms. The summed E-state index contributed by atoms with van der Waals surface area (Å²) < 4.78 is 15.5. The minimum Gasteiger partial charge on any atom is -0.497 e. The van der Waals surface area contributed by atoms with E-state index in [4.69, 9.17) is 14.0 Å². The van der Waals surface area contributed by atoms with E-state index in [0.29, 0.717) is 30.6 Å². The number of likely N-dealkylation sites (tertiary alicyclic amines) is 1. The Morgan fingerprint density at radius 3 is 3.04 bits per heavy atom. The van der Waals surface area contributed by atoms with Crippen molar-refractivity contribution >= 4 is 12.0 Å². The molecule has 2 heterocycles. The molecule has 150 valence electrons. The van der Waals surface area contributed by atoms with Gasteiger partial charge in [0.1, 0.15) is 12.3 Å². The molecule has 0 radical (unpaired) electrons. The number of methoxy groups -OCH3 is 1. The normalized spacial score (nSPS) is 16.5. The van der Waals surface area contributed by atoms with Crippen molar-refractivity contribution in [3.8, 4) is 17.1 Å². The number of amides is 2. The lowest BCUT2D eigenvalue weighted by atomic mass is 9.98. The highest BCUT2D eigenvalue weighted by Gasteiger charge is 2.29. The van der Waals surface area contributed by atoms with Gasteiger partial charge < -0.3 is 24.2 Å². The predicted octanol–water partition coefficient (Wildman–Crippen LogP) is 2.20. The fraction of sp³-hybridized carbons (Fsp3) is 0.474. The molecule has 2 aromatic rings. The topological polar surface area (TPSA) is 107 Å². The Balaban J connectivity index is 1.62. The number of carbonyl (C=O) groups is 2. The van der Waals surface area contributed by atoms with E-state index in [1.807, 2.05) is 24.3 Å². The summed E-state index contributed by atoms with van der Waals surface area (Å²) in [5.74, 6) is 1.20. The van der Waals surface area contributed by atoms with E-state index in [1.54, 1.807) is 18.9 Å². The number of aromatic nitrogens is 2. The summed E-state index contributed by atoms with van der Waals surface area (Å²) in [5, 5.41) is 6.65. The van der Waals surface area contributed by atoms with Crippen LogP contribution in [0.4, 0.5) is 4.79 Å². The largest absolute Gasteiger partial charge is 0.497 e. The molecule has 0 aliphatic carbocycles. The van der Waals surface area contributed by atoms with Crippen molar-refractivity contribution in [2.24, 2.45) is 0 Å². The van der Waals surface area contributed by atoms with E-state index in [9.17, 15) is 9.59 Å². The molecule has 1 aromatic heterocycles. The highest BCUT2D eigenvalue weighted by molar-refractivity contribution is 5.80. The van der Waals surface area contributed by atoms with Crippen molar-refractivity contribution in [1.82, 2.24) is 20.4 Å². The number of nitrogens with zero attached hydrogens (tertiary/aromatic N) is 3. The first-order valence-corrected chi connectivity index (χ1v) is 9.27. The number of ether oxygens (including phenoxy) is 2. The van der Waals surface area contributed by atoms with E-state index in [2.05, 4.69) is 15.5 Å². The van der Waals surface area contributed by atoms with Crippen LogP contribution in [-0.2, 0) is 9.53 Å². The van der Waals surface area contributed by atoms with E-state index in [-0.39, 0.29) is 25.1 Å². The zero-order valence-corrected chi connectivity index (χ0v) is 16.0. The number of hydrogen-bond donors (Lipinski definition) is 1. The van der Waals surface area contributed by atoms with E-state index in [0.717, 1.165) is 18.4 Å². The average molecular weight is 388 g/mol. The summed E-state index contributed by atoms with van der Waals surface area (Å²) in [6.45, 7) is 2.93. The smallest absolute Gasteiger partial charge is 0.325 e. The summed E-state index contributed by atoms with van der Waals surface area (Å²) in [5.41, 5.74) is 0.800. The van der Waals surface area contributed by atoms with Gasteiger partial charge in [0.15, 0.2) is 0 Å². The Labute approximate surface area is 163 Å². The maximum absolute atomic E-state index is 12.3. The standard InChI is InChI=1S/C19H24N4O5/c1-3-27-16(24)11-20-19(25)23-9-5-7-14(12-23)18-21-17(22-28-18)13-6-4-8-15(10-13)26-2/h4,6,8,10,14H,3,5,7,9,11-12H2,1-2H3,(H,20,25). The number of hydrogen-bond acceptors (Lipinski definition) is 7. The van der Waals surface area contributed by atoms with Crippen molar-refractivity contribution in [2.45, 2.75) is 25.7 Å². The van der Waals surface area contributed by atoms with Crippen molar-refractivity contribution in [2.75, 3.05) is 33.4 Å². The second-order valence-electron chi connectivity index (χ2n) is 6.44. The number of nitrogens with one attached hydrogen (secondary N) is 1. The summed E-state index contributed by atoms with van der Waals surface area (Å²) in [4.78, 5) is 29.9. The second kappa shape index (κ2) is 9.20. The molecule has 28 heavy (non-hydrogen) atoms. The SMILES string of the molecule is CCOC(=O)CNC(=O)N1CCCC(c2nc(-c3cccc(OC)c3)no2)C1. The molecule has 0 saturated carbocycles. The molecule has 1 atom stereocenters. The lowest BCUT2D eigenvalue weighted by molar-refractivity contribution is -0.141. The minimum absolute atomic E-state index is 0.0473. The minimum atomic E-state index is -0.454. The molecule has 3 rings (SSSR count). The first-order valence-electron chi connectivity index (χ1n) is 9.27. The molecule has 1 saturated heterocycles. The van der Waals surface area contributed by atoms with Crippen LogP contribution in [0.15, 0.2) is 28.8 Å². The Kier molecular flexibility index (Phi) is 6.46. The van der Waals surface area contributed by atoms with Gasteiger partial charge in [-0.3, -0.25) is 4.79 Å². The average Bonchev–Trinajstić information content (AvgIpc) is 3.23. The molecule has 1 aliphatic rings. The van der Waals surface area contributed by atoms with Crippen molar-refractivity contribution < 1.29 is 23.6 Å². The van der Waals surface area contributed by atoms with Crippen molar-refractivity contribution in [3.63, 3.8) is 0 Å².